The average Bonchev–Trinajstić information content (AvgIpc) is 2.60. The van der Waals surface area contributed by atoms with Crippen LogP contribution in [0, 0.1) is 0 Å². The van der Waals surface area contributed by atoms with Gasteiger partial charge >= 0.3 is 0 Å². The lowest BCUT2D eigenvalue weighted by atomic mass is 10.1. The molecule has 120 valence electrons. The zero-order valence-corrected chi connectivity index (χ0v) is 13.2. The van der Waals surface area contributed by atoms with E-state index in [4.69, 9.17) is 14.2 Å². The molecule has 23 heavy (non-hydrogen) atoms. The van der Waals surface area contributed by atoms with E-state index < -0.39 is 0 Å². The third-order valence-corrected chi connectivity index (χ3v) is 3.72. The number of rotatable bonds is 4. The van der Waals surface area contributed by atoms with Crippen LogP contribution >= 0.6 is 0 Å². The molecule has 1 atom stereocenters. The van der Waals surface area contributed by atoms with Gasteiger partial charge in [0.05, 0.1) is 13.2 Å². The summed E-state index contributed by atoms with van der Waals surface area (Å²) >= 11 is 0. The van der Waals surface area contributed by atoms with E-state index in [2.05, 4.69) is 4.99 Å². The van der Waals surface area contributed by atoms with Crippen molar-refractivity contribution in [3.8, 4) is 23.0 Å². The minimum Gasteiger partial charge on any atom is -0.507 e. The van der Waals surface area contributed by atoms with E-state index in [0.717, 1.165) is 17.1 Å². The maximum absolute atomic E-state index is 9.89. The van der Waals surface area contributed by atoms with Crippen LogP contribution in [-0.2, 0) is 0 Å². The summed E-state index contributed by atoms with van der Waals surface area (Å²) in [6.45, 7) is 3.13. The number of hydrogen-bond donors (Lipinski definition) is 1. The Morgan fingerprint density at radius 2 is 1.91 bits per heavy atom. The van der Waals surface area contributed by atoms with Gasteiger partial charge in [-0.05, 0) is 42.8 Å². The Labute approximate surface area is 135 Å². The van der Waals surface area contributed by atoms with Crippen molar-refractivity contribution in [2.24, 2.45) is 4.99 Å². The summed E-state index contributed by atoms with van der Waals surface area (Å²) in [6.07, 6.45) is 1.65. The highest BCUT2D eigenvalue weighted by atomic mass is 16.6. The fourth-order valence-corrected chi connectivity index (χ4v) is 2.36. The molecule has 0 aliphatic carbocycles. The number of fused-ring (bicyclic) bond motifs is 1. The molecule has 0 saturated carbocycles. The van der Waals surface area contributed by atoms with E-state index in [-0.39, 0.29) is 11.8 Å². The molecule has 0 bridgehead atoms. The van der Waals surface area contributed by atoms with Crippen molar-refractivity contribution >= 4 is 6.21 Å². The summed E-state index contributed by atoms with van der Waals surface area (Å²) in [7, 11) is 1.59. The fraction of sp³-hybridized carbons (Fsp3) is 0.278. The number of phenols is 1. The predicted molar refractivity (Wildman–Crippen MR) is 88.1 cm³/mol. The Morgan fingerprint density at radius 3 is 2.70 bits per heavy atom. The van der Waals surface area contributed by atoms with Crippen LogP contribution in [0.1, 0.15) is 24.1 Å². The summed E-state index contributed by atoms with van der Waals surface area (Å²) in [5.41, 5.74) is 1.64. The van der Waals surface area contributed by atoms with E-state index in [1.54, 1.807) is 31.5 Å². The van der Waals surface area contributed by atoms with Crippen molar-refractivity contribution in [1.82, 2.24) is 0 Å². The maximum Gasteiger partial charge on any atom is 0.161 e. The molecule has 0 unspecified atom stereocenters. The quantitative estimate of drug-likeness (QED) is 0.879. The lowest BCUT2D eigenvalue weighted by molar-refractivity contribution is 0.171. The molecule has 0 aromatic heterocycles. The predicted octanol–water partition coefficient (Wildman–Crippen LogP) is 3.35. The van der Waals surface area contributed by atoms with E-state index in [1.807, 2.05) is 25.1 Å². The molecule has 5 nitrogen and oxygen atoms in total. The molecule has 1 aliphatic rings. The smallest absolute Gasteiger partial charge is 0.161 e. The van der Waals surface area contributed by atoms with Crippen LogP contribution in [0.5, 0.6) is 23.0 Å². The van der Waals surface area contributed by atoms with Crippen molar-refractivity contribution in [1.29, 1.82) is 0 Å². The summed E-state index contributed by atoms with van der Waals surface area (Å²) in [6, 6.07) is 10.8. The monoisotopic (exact) mass is 313 g/mol. The number of nitrogens with zero attached hydrogens (tertiary/aromatic N) is 1. The maximum atomic E-state index is 9.89. The van der Waals surface area contributed by atoms with E-state index in [0.29, 0.717) is 24.5 Å². The van der Waals surface area contributed by atoms with Crippen LogP contribution in [0.4, 0.5) is 0 Å². The fourth-order valence-electron chi connectivity index (χ4n) is 2.36. The Balaban J connectivity index is 1.80. The van der Waals surface area contributed by atoms with Crippen LogP contribution in [0.3, 0.4) is 0 Å². The molecule has 0 fully saturated rings. The summed E-state index contributed by atoms with van der Waals surface area (Å²) in [5.74, 6) is 2.36. The van der Waals surface area contributed by atoms with Gasteiger partial charge in [-0.1, -0.05) is 6.07 Å². The van der Waals surface area contributed by atoms with Gasteiger partial charge in [-0.25, -0.2) is 0 Å². The second-order valence-electron chi connectivity index (χ2n) is 5.28. The highest BCUT2D eigenvalue weighted by molar-refractivity contribution is 5.84. The van der Waals surface area contributed by atoms with Crippen molar-refractivity contribution in [2.75, 3.05) is 20.3 Å². The summed E-state index contributed by atoms with van der Waals surface area (Å²) in [5, 5.41) is 9.89. The molecule has 1 heterocycles. The molecule has 2 aromatic carbocycles. The highest BCUT2D eigenvalue weighted by Crippen LogP contribution is 2.33. The lowest BCUT2D eigenvalue weighted by Gasteiger charge is -2.19. The Morgan fingerprint density at radius 1 is 1.13 bits per heavy atom. The van der Waals surface area contributed by atoms with E-state index >= 15 is 0 Å². The SMILES string of the molecule is COc1ccc(O)c(C=N[C@@H](C)c2ccc3c(c2)OCCO3)c1. The highest BCUT2D eigenvalue weighted by Gasteiger charge is 2.14. The molecule has 3 rings (SSSR count). The molecule has 1 aliphatic heterocycles. The summed E-state index contributed by atoms with van der Waals surface area (Å²) < 4.78 is 16.3. The van der Waals surface area contributed by atoms with Gasteiger partial charge < -0.3 is 19.3 Å². The van der Waals surface area contributed by atoms with Crippen LogP contribution in [0.2, 0.25) is 0 Å². The van der Waals surface area contributed by atoms with E-state index in [1.165, 1.54) is 0 Å². The van der Waals surface area contributed by atoms with Crippen LogP contribution in [0.15, 0.2) is 41.4 Å². The molecule has 2 aromatic rings. The zero-order chi connectivity index (χ0) is 16.2. The van der Waals surface area contributed by atoms with Gasteiger partial charge in [0.25, 0.3) is 0 Å². The van der Waals surface area contributed by atoms with Crippen molar-refractivity contribution in [3.63, 3.8) is 0 Å². The van der Waals surface area contributed by atoms with Gasteiger partial charge in [-0.2, -0.15) is 0 Å². The largest absolute Gasteiger partial charge is 0.507 e. The van der Waals surface area contributed by atoms with Crippen molar-refractivity contribution in [2.45, 2.75) is 13.0 Å². The minimum atomic E-state index is -0.0728. The molecular weight excluding hydrogens is 294 g/mol. The van der Waals surface area contributed by atoms with Gasteiger partial charge in [-0.15, -0.1) is 0 Å². The first-order valence-corrected chi connectivity index (χ1v) is 7.47. The third-order valence-electron chi connectivity index (χ3n) is 3.72. The molecule has 0 spiro atoms. The number of hydrogen-bond acceptors (Lipinski definition) is 5. The molecule has 0 saturated heterocycles. The van der Waals surface area contributed by atoms with Gasteiger partial charge in [0.2, 0.25) is 0 Å². The minimum absolute atomic E-state index is 0.0728. The Kier molecular flexibility index (Phi) is 4.37. The van der Waals surface area contributed by atoms with Gasteiger partial charge in [0, 0.05) is 11.8 Å². The topological polar surface area (TPSA) is 60.3 Å². The molecule has 0 radical (unpaired) electrons. The first-order valence-electron chi connectivity index (χ1n) is 7.47. The van der Waals surface area contributed by atoms with Gasteiger partial charge in [0.1, 0.15) is 24.7 Å². The van der Waals surface area contributed by atoms with Crippen LogP contribution in [-0.4, -0.2) is 31.6 Å². The molecule has 0 amide bonds. The molecule has 5 heteroatoms. The first kappa shape index (κ1) is 15.2. The first-order chi connectivity index (χ1) is 11.2. The number of benzene rings is 2. The third kappa shape index (κ3) is 3.39. The van der Waals surface area contributed by atoms with Crippen molar-refractivity contribution in [3.05, 3.63) is 47.5 Å². The Hall–Kier alpha value is -2.69. The summed E-state index contributed by atoms with van der Waals surface area (Å²) in [4.78, 5) is 4.51. The lowest BCUT2D eigenvalue weighted by Crippen LogP contribution is -2.15. The number of aromatic hydroxyl groups is 1. The standard InChI is InChI=1S/C18H19NO4/c1-12(13-3-6-17-18(10-13)23-8-7-22-17)19-11-14-9-15(21-2)4-5-16(14)20/h3-6,9-12,20H,7-8H2,1-2H3/t12-/m0/s1. The second-order valence-corrected chi connectivity index (χ2v) is 5.28. The number of methoxy groups -OCH3 is 1. The normalized spacial score (nSPS) is 14.7. The van der Waals surface area contributed by atoms with Crippen molar-refractivity contribution < 1.29 is 19.3 Å². The second kappa shape index (κ2) is 6.60. The molecular formula is C18H19NO4. The number of aliphatic imine (C=N–C) groups is 1. The van der Waals surface area contributed by atoms with E-state index in [9.17, 15) is 5.11 Å². The van der Waals surface area contributed by atoms with Gasteiger partial charge in [0.15, 0.2) is 11.5 Å². The number of ether oxygens (including phenoxy) is 3. The zero-order valence-electron chi connectivity index (χ0n) is 13.2. The van der Waals surface area contributed by atoms with Crippen LogP contribution in [0.25, 0.3) is 0 Å². The van der Waals surface area contributed by atoms with Gasteiger partial charge in [-0.3, -0.25) is 4.99 Å². The Bertz CT molecular complexity index is 727. The average molecular weight is 313 g/mol. The van der Waals surface area contributed by atoms with Crippen LogP contribution < -0.4 is 14.2 Å². The number of phenolic OH excluding ortho intramolecular Hbond substituents is 1. The molecule has 1 N–H and O–H groups in total.